The number of fused-ring (bicyclic) bond motifs is 1. The molecule has 0 aromatic heterocycles. The van der Waals surface area contributed by atoms with Crippen molar-refractivity contribution in [2.75, 3.05) is 38.6 Å². The van der Waals surface area contributed by atoms with Crippen LogP contribution in [0.1, 0.15) is 24.2 Å². The van der Waals surface area contributed by atoms with Crippen LogP contribution in [-0.4, -0.2) is 83.1 Å². The van der Waals surface area contributed by atoms with E-state index in [0.717, 1.165) is 0 Å². The van der Waals surface area contributed by atoms with Gasteiger partial charge >= 0.3 is 0 Å². The van der Waals surface area contributed by atoms with Gasteiger partial charge in [0.25, 0.3) is 15.9 Å². The largest absolute Gasteiger partial charge is 0.497 e. The van der Waals surface area contributed by atoms with Gasteiger partial charge in [-0.2, -0.15) is 4.31 Å². The van der Waals surface area contributed by atoms with E-state index in [1.165, 1.54) is 90.1 Å². The fourth-order valence-corrected chi connectivity index (χ4v) is 6.97. The summed E-state index contributed by atoms with van der Waals surface area (Å²) in [5, 5.41) is 10.3. The van der Waals surface area contributed by atoms with Crippen molar-refractivity contribution >= 4 is 43.2 Å². The van der Waals surface area contributed by atoms with Gasteiger partial charge in [-0.3, -0.25) is 9.52 Å². The number of hydrogen-bond donors (Lipinski definition) is 2. The Morgan fingerprint density at radius 3 is 2.30 bits per heavy atom. The van der Waals surface area contributed by atoms with Gasteiger partial charge in [0.2, 0.25) is 10.0 Å². The quantitative estimate of drug-likeness (QED) is 0.338. The van der Waals surface area contributed by atoms with E-state index in [9.17, 15) is 26.7 Å². The van der Waals surface area contributed by atoms with Crippen molar-refractivity contribution in [3.8, 4) is 11.5 Å². The Kier molecular flexibility index (Phi) is 9.92. The molecule has 4 rings (SSSR count). The second-order valence-electron chi connectivity index (χ2n) is 10.4. The lowest BCUT2D eigenvalue weighted by atomic mass is 9.99. The van der Waals surface area contributed by atoms with Gasteiger partial charge in [0.05, 0.1) is 41.7 Å². The van der Waals surface area contributed by atoms with Crippen molar-refractivity contribution in [2.45, 2.75) is 35.8 Å². The van der Waals surface area contributed by atoms with Crippen LogP contribution in [0.4, 0.5) is 5.69 Å². The average molecular weight is 652 g/mol. The van der Waals surface area contributed by atoms with E-state index >= 15 is 0 Å². The zero-order valence-electron chi connectivity index (χ0n) is 24.1. The van der Waals surface area contributed by atoms with Crippen LogP contribution in [0.15, 0.2) is 76.5 Å². The van der Waals surface area contributed by atoms with E-state index in [1.54, 1.807) is 6.92 Å². The van der Waals surface area contributed by atoms with Crippen LogP contribution in [0.25, 0.3) is 0 Å². The summed E-state index contributed by atoms with van der Waals surface area (Å²) in [6, 6.07) is 15.4. The first-order chi connectivity index (χ1) is 20.3. The number of carbonyl (C=O) groups is 1. The maximum Gasteiger partial charge on any atom is 0.261 e. The van der Waals surface area contributed by atoms with Crippen LogP contribution in [0, 0.1) is 5.92 Å². The van der Waals surface area contributed by atoms with Crippen LogP contribution in [0.3, 0.4) is 0 Å². The number of benzene rings is 3. The fourth-order valence-electron chi connectivity index (χ4n) is 4.61. The smallest absolute Gasteiger partial charge is 0.261 e. The third-order valence-electron chi connectivity index (χ3n) is 7.25. The van der Waals surface area contributed by atoms with E-state index < -0.39 is 38.1 Å². The van der Waals surface area contributed by atoms with Crippen molar-refractivity contribution in [2.24, 2.45) is 5.92 Å². The van der Waals surface area contributed by atoms with Crippen LogP contribution in [-0.2, 0) is 20.0 Å². The van der Waals surface area contributed by atoms with E-state index in [-0.39, 0.29) is 52.4 Å². The number of carbonyl (C=O) groups excluding carboxylic acids is 1. The van der Waals surface area contributed by atoms with Gasteiger partial charge in [-0.15, -0.1) is 0 Å². The number of ether oxygens (including phenoxy) is 2. The summed E-state index contributed by atoms with van der Waals surface area (Å²) in [6.45, 7) is 3.32. The third kappa shape index (κ3) is 7.24. The average Bonchev–Trinajstić information content (AvgIpc) is 2.98. The van der Waals surface area contributed by atoms with Crippen molar-refractivity contribution in [1.82, 2.24) is 9.21 Å². The summed E-state index contributed by atoms with van der Waals surface area (Å²) in [5.41, 5.74) is 0.186. The summed E-state index contributed by atoms with van der Waals surface area (Å²) in [6.07, 6.45) is -0.700. The number of likely N-dealkylation sites (N-methyl/N-ethyl adjacent to an activating group) is 1. The topological polar surface area (TPSA) is 143 Å². The molecule has 1 aliphatic heterocycles. The second kappa shape index (κ2) is 13.1. The molecule has 232 valence electrons. The maximum atomic E-state index is 13.7. The minimum Gasteiger partial charge on any atom is -0.497 e. The zero-order chi connectivity index (χ0) is 31.5. The number of methoxy groups -OCH3 is 1. The number of aliphatic hydroxyl groups excluding tert-OH is 1. The molecule has 1 heterocycles. The Morgan fingerprint density at radius 1 is 1.07 bits per heavy atom. The van der Waals surface area contributed by atoms with Crippen LogP contribution >= 0.6 is 11.6 Å². The Balaban J connectivity index is 1.67. The lowest BCUT2D eigenvalue weighted by Crippen LogP contribution is -2.50. The summed E-state index contributed by atoms with van der Waals surface area (Å²) in [5.74, 6) is -0.158. The Labute approximate surface area is 257 Å². The second-order valence-corrected chi connectivity index (χ2v) is 14.5. The number of amides is 1. The highest BCUT2D eigenvalue weighted by Crippen LogP contribution is 2.32. The molecule has 1 aliphatic rings. The molecule has 0 aliphatic carbocycles. The minimum atomic E-state index is -4.01. The SMILES string of the molecule is COc1ccc(S(=O)(=O)Nc2ccc3c(c2)C(=O)N([C@H](C)CO)C[C@H](C)[C@H](CN(C)S(=O)(=O)c2ccc(Cl)cc2)O3)cc1. The van der Waals surface area contributed by atoms with E-state index in [2.05, 4.69) is 4.72 Å². The van der Waals surface area contributed by atoms with Crippen molar-refractivity contribution in [1.29, 1.82) is 0 Å². The first-order valence-electron chi connectivity index (χ1n) is 13.4. The zero-order valence-corrected chi connectivity index (χ0v) is 26.5. The highest BCUT2D eigenvalue weighted by molar-refractivity contribution is 7.92. The molecule has 3 aromatic rings. The summed E-state index contributed by atoms with van der Waals surface area (Å²) in [4.78, 5) is 15.3. The summed E-state index contributed by atoms with van der Waals surface area (Å²) in [7, 11) is -4.98. The number of nitrogens with one attached hydrogen (secondary N) is 1. The molecular weight excluding hydrogens is 618 g/mol. The van der Waals surface area contributed by atoms with Crippen LogP contribution in [0.5, 0.6) is 11.5 Å². The number of sulfonamides is 2. The first kappa shape index (κ1) is 32.6. The predicted molar refractivity (Wildman–Crippen MR) is 163 cm³/mol. The van der Waals surface area contributed by atoms with Gasteiger partial charge in [0.1, 0.15) is 17.6 Å². The number of rotatable bonds is 10. The molecule has 0 unspecified atom stereocenters. The Morgan fingerprint density at radius 2 is 1.70 bits per heavy atom. The number of anilines is 1. The third-order valence-corrected chi connectivity index (χ3v) is 10.7. The van der Waals surface area contributed by atoms with Gasteiger partial charge in [-0.05, 0) is 73.7 Å². The Bertz CT molecular complexity index is 1670. The molecular formula is C29H34ClN3O8S2. The number of halogens is 1. The molecule has 11 nitrogen and oxygen atoms in total. The van der Waals surface area contributed by atoms with E-state index in [1.807, 2.05) is 6.92 Å². The highest BCUT2D eigenvalue weighted by atomic mass is 35.5. The fraction of sp³-hybridized carbons (Fsp3) is 0.345. The maximum absolute atomic E-state index is 13.7. The normalized spacial score (nSPS) is 18.3. The first-order valence-corrected chi connectivity index (χ1v) is 16.7. The van der Waals surface area contributed by atoms with Crippen LogP contribution in [0.2, 0.25) is 5.02 Å². The number of nitrogens with zero attached hydrogens (tertiary/aromatic N) is 2. The molecule has 0 radical (unpaired) electrons. The number of aliphatic hydroxyl groups is 1. The summed E-state index contributed by atoms with van der Waals surface area (Å²) < 4.78 is 67.7. The molecule has 3 atom stereocenters. The van der Waals surface area contributed by atoms with E-state index in [0.29, 0.717) is 10.8 Å². The molecule has 3 aromatic carbocycles. The monoisotopic (exact) mass is 651 g/mol. The molecule has 0 saturated heterocycles. The molecule has 1 amide bonds. The summed E-state index contributed by atoms with van der Waals surface area (Å²) >= 11 is 5.93. The Hall–Kier alpha value is -3.36. The lowest BCUT2D eigenvalue weighted by Gasteiger charge is -2.38. The predicted octanol–water partition coefficient (Wildman–Crippen LogP) is 3.69. The van der Waals surface area contributed by atoms with Gasteiger partial charge in [0, 0.05) is 30.2 Å². The van der Waals surface area contributed by atoms with E-state index in [4.69, 9.17) is 21.1 Å². The van der Waals surface area contributed by atoms with Crippen molar-refractivity contribution < 1.29 is 36.2 Å². The standard InChI is InChI=1S/C29H34ClN3O8S2/c1-19-16-33(20(2)18-34)29(35)26-15-22(31-42(36,37)24-12-8-23(40-4)9-13-24)7-14-27(26)41-28(19)17-32(3)43(38,39)25-10-5-21(30)6-11-25/h5-15,19-20,28,31,34H,16-18H2,1-4H3/t19-,20+,28-/m0/s1. The molecule has 0 spiro atoms. The van der Waals surface area contributed by atoms with Crippen molar-refractivity contribution in [3.05, 3.63) is 77.3 Å². The molecule has 0 saturated carbocycles. The molecule has 14 heteroatoms. The molecule has 43 heavy (non-hydrogen) atoms. The van der Waals surface area contributed by atoms with Gasteiger partial charge in [-0.1, -0.05) is 18.5 Å². The van der Waals surface area contributed by atoms with Gasteiger partial charge < -0.3 is 19.5 Å². The van der Waals surface area contributed by atoms with Gasteiger partial charge in [0.15, 0.2) is 0 Å². The number of hydrogen-bond acceptors (Lipinski definition) is 8. The molecule has 0 bridgehead atoms. The highest BCUT2D eigenvalue weighted by Gasteiger charge is 2.35. The molecule has 0 fully saturated rings. The lowest BCUT2D eigenvalue weighted by molar-refractivity contribution is 0.0387. The van der Waals surface area contributed by atoms with Crippen LogP contribution < -0.4 is 14.2 Å². The minimum absolute atomic E-state index is 0.00280. The van der Waals surface area contributed by atoms with Crippen molar-refractivity contribution in [3.63, 3.8) is 0 Å². The van der Waals surface area contributed by atoms with Gasteiger partial charge in [-0.25, -0.2) is 16.8 Å². The molecule has 2 N–H and O–H groups in total.